The van der Waals surface area contributed by atoms with Gasteiger partial charge in [-0.1, -0.05) is 29.3 Å². The highest BCUT2D eigenvalue weighted by molar-refractivity contribution is 6.31. The number of aryl methyl sites for hydroxylation is 1. The molecule has 0 atom stereocenters. The molecule has 0 aliphatic carbocycles. The van der Waals surface area contributed by atoms with E-state index >= 15 is 0 Å². The molecular formula is C16H14ClN3O. The normalized spacial score (nSPS) is 11.6. The Morgan fingerprint density at radius 1 is 1.10 bits per heavy atom. The molecule has 0 aliphatic rings. The van der Waals surface area contributed by atoms with Crippen molar-refractivity contribution < 1.29 is 5.11 Å². The molecule has 0 radical (unpaired) electrons. The number of hydrogen-bond donors (Lipinski definition) is 2. The van der Waals surface area contributed by atoms with Crippen LogP contribution in [0.1, 0.15) is 11.1 Å². The standard InChI is InChI=1S/C16H14ClN3O/c1-9-6-7-14-11(8-9)15(16(21)18-14)20-19-13-5-3-4-12(17)10(13)2/h3-8,18,21H,1-2H3. The Kier molecular flexibility index (Phi) is 3.39. The highest BCUT2D eigenvalue weighted by Crippen LogP contribution is 2.37. The number of aromatic amines is 1. The van der Waals surface area contributed by atoms with Crippen LogP contribution in [0.4, 0.5) is 11.4 Å². The van der Waals surface area contributed by atoms with Gasteiger partial charge in [-0.05, 0) is 43.7 Å². The van der Waals surface area contributed by atoms with Crippen LogP contribution in [0.3, 0.4) is 0 Å². The fourth-order valence-corrected chi connectivity index (χ4v) is 2.36. The maximum absolute atomic E-state index is 9.99. The van der Waals surface area contributed by atoms with Crippen LogP contribution in [0, 0.1) is 13.8 Å². The largest absolute Gasteiger partial charge is 0.493 e. The first kappa shape index (κ1) is 13.6. The second-order valence-electron chi connectivity index (χ2n) is 4.96. The molecule has 3 aromatic rings. The van der Waals surface area contributed by atoms with Gasteiger partial charge in [0.05, 0.1) is 11.2 Å². The van der Waals surface area contributed by atoms with E-state index in [1.807, 2.05) is 50.2 Å². The van der Waals surface area contributed by atoms with E-state index in [1.165, 1.54) is 0 Å². The lowest BCUT2D eigenvalue weighted by Gasteiger charge is -2.00. The van der Waals surface area contributed by atoms with Crippen LogP contribution in [0.5, 0.6) is 5.88 Å². The van der Waals surface area contributed by atoms with Gasteiger partial charge in [-0.15, -0.1) is 5.11 Å². The summed E-state index contributed by atoms with van der Waals surface area (Å²) in [6.45, 7) is 3.88. The van der Waals surface area contributed by atoms with E-state index in [9.17, 15) is 5.11 Å². The molecule has 21 heavy (non-hydrogen) atoms. The SMILES string of the molecule is Cc1ccc2[nH]c(O)c(N=Nc3cccc(Cl)c3C)c2c1. The predicted molar refractivity (Wildman–Crippen MR) is 85.1 cm³/mol. The highest BCUT2D eigenvalue weighted by Gasteiger charge is 2.10. The Balaban J connectivity index is 2.09. The Labute approximate surface area is 127 Å². The van der Waals surface area contributed by atoms with Crippen molar-refractivity contribution >= 4 is 33.9 Å². The number of H-pyrrole nitrogens is 1. The summed E-state index contributed by atoms with van der Waals surface area (Å²) in [6, 6.07) is 11.3. The molecular weight excluding hydrogens is 286 g/mol. The third-order valence-electron chi connectivity index (χ3n) is 3.40. The van der Waals surface area contributed by atoms with Crippen LogP contribution < -0.4 is 0 Å². The maximum Gasteiger partial charge on any atom is 0.218 e. The van der Waals surface area contributed by atoms with E-state index in [4.69, 9.17) is 11.6 Å². The van der Waals surface area contributed by atoms with E-state index in [-0.39, 0.29) is 5.88 Å². The van der Waals surface area contributed by atoms with Crippen LogP contribution in [-0.2, 0) is 0 Å². The van der Waals surface area contributed by atoms with Gasteiger partial charge in [-0.25, -0.2) is 0 Å². The van der Waals surface area contributed by atoms with Gasteiger partial charge in [0, 0.05) is 10.4 Å². The first-order valence-electron chi connectivity index (χ1n) is 6.54. The zero-order chi connectivity index (χ0) is 15.0. The lowest BCUT2D eigenvalue weighted by atomic mass is 10.1. The molecule has 0 bridgehead atoms. The van der Waals surface area contributed by atoms with Gasteiger partial charge < -0.3 is 10.1 Å². The van der Waals surface area contributed by atoms with Crippen molar-refractivity contribution in [2.75, 3.05) is 0 Å². The van der Waals surface area contributed by atoms with Crippen molar-refractivity contribution in [3.8, 4) is 5.88 Å². The number of halogens is 1. The summed E-state index contributed by atoms with van der Waals surface area (Å²) in [5, 5.41) is 19.9. The predicted octanol–water partition coefficient (Wildman–Crippen LogP) is 5.56. The molecule has 0 aliphatic heterocycles. The van der Waals surface area contributed by atoms with Gasteiger partial charge in [0.15, 0.2) is 5.69 Å². The summed E-state index contributed by atoms with van der Waals surface area (Å²) in [5.74, 6) is 0.0130. The smallest absolute Gasteiger partial charge is 0.218 e. The van der Waals surface area contributed by atoms with Crippen molar-refractivity contribution in [3.05, 3.63) is 52.5 Å². The molecule has 5 heteroatoms. The molecule has 106 valence electrons. The topological polar surface area (TPSA) is 60.7 Å². The summed E-state index contributed by atoms with van der Waals surface area (Å²) in [5.41, 5.74) is 3.90. The third-order valence-corrected chi connectivity index (χ3v) is 3.81. The van der Waals surface area contributed by atoms with Gasteiger partial charge in [0.25, 0.3) is 0 Å². The molecule has 0 amide bonds. The number of azo groups is 1. The number of fused-ring (bicyclic) bond motifs is 1. The van der Waals surface area contributed by atoms with E-state index in [0.717, 1.165) is 22.0 Å². The van der Waals surface area contributed by atoms with Gasteiger partial charge in [-0.3, -0.25) is 0 Å². The van der Waals surface area contributed by atoms with E-state index < -0.39 is 0 Å². The van der Waals surface area contributed by atoms with Crippen molar-refractivity contribution in [1.29, 1.82) is 0 Å². The minimum atomic E-state index is 0.0130. The van der Waals surface area contributed by atoms with Gasteiger partial charge in [0.1, 0.15) is 0 Å². The fourth-order valence-electron chi connectivity index (χ4n) is 2.19. The monoisotopic (exact) mass is 299 g/mol. The number of rotatable bonds is 2. The van der Waals surface area contributed by atoms with Gasteiger partial charge in [-0.2, -0.15) is 5.11 Å². The van der Waals surface area contributed by atoms with Crippen LogP contribution in [0.15, 0.2) is 46.6 Å². The van der Waals surface area contributed by atoms with E-state index in [0.29, 0.717) is 16.4 Å². The third kappa shape index (κ3) is 2.50. The Morgan fingerprint density at radius 2 is 1.90 bits per heavy atom. The van der Waals surface area contributed by atoms with Gasteiger partial charge in [0.2, 0.25) is 5.88 Å². The summed E-state index contributed by atoms with van der Waals surface area (Å²) in [4.78, 5) is 2.89. The fraction of sp³-hybridized carbons (Fsp3) is 0.125. The number of aromatic nitrogens is 1. The van der Waals surface area contributed by atoms with Crippen molar-refractivity contribution in [3.63, 3.8) is 0 Å². The van der Waals surface area contributed by atoms with Crippen molar-refractivity contribution in [2.24, 2.45) is 10.2 Å². The van der Waals surface area contributed by atoms with Crippen LogP contribution in [-0.4, -0.2) is 10.1 Å². The first-order valence-corrected chi connectivity index (χ1v) is 6.92. The van der Waals surface area contributed by atoms with Crippen molar-refractivity contribution in [2.45, 2.75) is 13.8 Å². The van der Waals surface area contributed by atoms with Crippen LogP contribution in [0.2, 0.25) is 5.02 Å². The van der Waals surface area contributed by atoms with Crippen LogP contribution >= 0.6 is 11.6 Å². The zero-order valence-corrected chi connectivity index (χ0v) is 12.4. The molecule has 0 saturated heterocycles. The average Bonchev–Trinajstić information content (AvgIpc) is 2.76. The molecule has 2 aromatic carbocycles. The number of nitrogens with zero attached hydrogens (tertiary/aromatic N) is 2. The maximum atomic E-state index is 9.99. The molecule has 1 heterocycles. The minimum Gasteiger partial charge on any atom is -0.493 e. The Bertz CT molecular complexity index is 852. The number of nitrogens with one attached hydrogen (secondary N) is 1. The summed E-state index contributed by atoms with van der Waals surface area (Å²) in [7, 11) is 0. The quantitative estimate of drug-likeness (QED) is 0.598. The molecule has 3 rings (SSSR count). The molecule has 4 nitrogen and oxygen atoms in total. The lowest BCUT2D eigenvalue weighted by Crippen LogP contribution is -1.75. The van der Waals surface area contributed by atoms with E-state index in [2.05, 4.69) is 15.2 Å². The summed E-state index contributed by atoms with van der Waals surface area (Å²) < 4.78 is 0. The first-order chi connectivity index (χ1) is 10.1. The Hall–Kier alpha value is -2.33. The molecule has 0 saturated carbocycles. The lowest BCUT2D eigenvalue weighted by molar-refractivity contribution is 0.459. The number of hydrogen-bond acceptors (Lipinski definition) is 3. The molecule has 0 unspecified atom stereocenters. The minimum absolute atomic E-state index is 0.0130. The summed E-state index contributed by atoms with van der Waals surface area (Å²) >= 11 is 6.06. The second kappa shape index (κ2) is 5.22. The number of aromatic hydroxyl groups is 1. The van der Waals surface area contributed by atoms with Crippen molar-refractivity contribution in [1.82, 2.24) is 4.98 Å². The van der Waals surface area contributed by atoms with E-state index in [1.54, 1.807) is 0 Å². The molecule has 0 spiro atoms. The zero-order valence-electron chi connectivity index (χ0n) is 11.7. The molecule has 2 N–H and O–H groups in total. The Morgan fingerprint density at radius 3 is 2.71 bits per heavy atom. The van der Waals surface area contributed by atoms with Crippen LogP contribution in [0.25, 0.3) is 10.9 Å². The van der Waals surface area contributed by atoms with Gasteiger partial charge >= 0.3 is 0 Å². The molecule has 0 fully saturated rings. The average molecular weight is 300 g/mol. The summed E-state index contributed by atoms with van der Waals surface area (Å²) in [6.07, 6.45) is 0. The second-order valence-corrected chi connectivity index (χ2v) is 5.36. The highest BCUT2D eigenvalue weighted by atomic mass is 35.5. The number of benzene rings is 2. The molecule has 1 aromatic heterocycles.